The van der Waals surface area contributed by atoms with Crippen molar-refractivity contribution in [2.75, 3.05) is 26.3 Å². The maximum absolute atomic E-state index is 5.36. The second-order valence-corrected chi connectivity index (χ2v) is 5.87. The molecule has 2 aromatic rings. The topological polar surface area (TPSA) is 34.1 Å². The normalized spacial score (nSPS) is 19.7. The summed E-state index contributed by atoms with van der Waals surface area (Å²) in [5.74, 6) is 0.709. The zero-order valence-electron chi connectivity index (χ0n) is 10.4. The van der Waals surface area contributed by atoms with Crippen molar-refractivity contribution in [3.8, 4) is 0 Å². The van der Waals surface area contributed by atoms with Gasteiger partial charge in [0.25, 0.3) is 0 Å². The van der Waals surface area contributed by atoms with Crippen LogP contribution in [0, 0.1) is 5.92 Å². The van der Waals surface area contributed by atoms with E-state index in [-0.39, 0.29) is 0 Å². The molecule has 18 heavy (non-hydrogen) atoms. The zero-order valence-corrected chi connectivity index (χ0v) is 11.2. The lowest BCUT2D eigenvalue weighted by atomic mass is 10.1. The molecule has 1 aromatic carbocycles. The minimum Gasteiger partial charge on any atom is -0.381 e. The van der Waals surface area contributed by atoms with Crippen molar-refractivity contribution in [1.29, 1.82) is 0 Å². The average molecular weight is 262 g/mol. The van der Waals surface area contributed by atoms with Gasteiger partial charge in [-0.1, -0.05) is 12.1 Å². The molecule has 0 radical (unpaired) electrons. The van der Waals surface area contributed by atoms with Crippen molar-refractivity contribution in [2.45, 2.75) is 12.8 Å². The van der Waals surface area contributed by atoms with E-state index in [2.05, 4.69) is 28.5 Å². The summed E-state index contributed by atoms with van der Waals surface area (Å²) in [5, 5.41) is 4.73. The Balaban J connectivity index is 1.47. The highest BCUT2D eigenvalue weighted by Crippen LogP contribution is 2.21. The Morgan fingerprint density at radius 2 is 2.33 bits per heavy atom. The number of thiazole rings is 1. The van der Waals surface area contributed by atoms with Crippen LogP contribution in [0.25, 0.3) is 10.2 Å². The van der Waals surface area contributed by atoms with Gasteiger partial charge in [-0.3, -0.25) is 0 Å². The van der Waals surface area contributed by atoms with Crippen LogP contribution in [0.1, 0.15) is 11.4 Å². The highest BCUT2D eigenvalue weighted by molar-refractivity contribution is 7.18. The molecule has 1 saturated heterocycles. The van der Waals surface area contributed by atoms with Crippen LogP contribution in [-0.4, -0.2) is 31.3 Å². The van der Waals surface area contributed by atoms with E-state index in [1.807, 2.05) is 6.07 Å². The fourth-order valence-corrected chi connectivity index (χ4v) is 3.24. The minimum atomic E-state index is 0.709. The second-order valence-electron chi connectivity index (χ2n) is 4.76. The zero-order chi connectivity index (χ0) is 12.2. The largest absolute Gasteiger partial charge is 0.381 e. The predicted molar refractivity (Wildman–Crippen MR) is 75.1 cm³/mol. The van der Waals surface area contributed by atoms with Crippen LogP contribution >= 0.6 is 11.3 Å². The van der Waals surface area contributed by atoms with Crippen molar-refractivity contribution in [3.63, 3.8) is 0 Å². The third-order valence-electron chi connectivity index (χ3n) is 3.31. The lowest BCUT2D eigenvalue weighted by Crippen LogP contribution is -2.25. The van der Waals surface area contributed by atoms with Gasteiger partial charge in [0.2, 0.25) is 0 Å². The van der Waals surface area contributed by atoms with Crippen molar-refractivity contribution in [1.82, 2.24) is 10.3 Å². The minimum absolute atomic E-state index is 0.709. The number of rotatable bonds is 5. The number of aromatic nitrogens is 1. The number of fused-ring (bicyclic) bond motifs is 1. The van der Waals surface area contributed by atoms with Gasteiger partial charge in [0.1, 0.15) is 0 Å². The highest BCUT2D eigenvalue weighted by Gasteiger charge is 2.14. The first-order chi connectivity index (χ1) is 8.92. The molecule has 1 atom stereocenters. The third-order valence-corrected chi connectivity index (χ3v) is 4.41. The molecule has 1 N–H and O–H groups in total. The molecule has 3 nitrogen and oxygen atoms in total. The molecule has 0 aliphatic carbocycles. The second kappa shape index (κ2) is 5.78. The third kappa shape index (κ3) is 2.88. The molecule has 0 spiro atoms. The Labute approximate surface area is 111 Å². The van der Waals surface area contributed by atoms with E-state index >= 15 is 0 Å². The van der Waals surface area contributed by atoms with Gasteiger partial charge in [0.15, 0.2) is 0 Å². The quantitative estimate of drug-likeness (QED) is 0.841. The van der Waals surface area contributed by atoms with Crippen molar-refractivity contribution >= 4 is 21.6 Å². The Hall–Kier alpha value is -0.970. The molecule has 0 amide bonds. The Morgan fingerprint density at radius 3 is 3.17 bits per heavy atom. The maximum Gasteiger partial charge on any atom is 0.0951 e. The molecule has 1 aliphatic heterocycles. The molecule has 1 aliphatic rings. The Bertz CT molecular complexity index is 472. The first-order valence-electron chi connectivity index (χ1n) is 6.55. The van der Waals surface area contributed by atoms with E-state index in [0.29, 0.717) is 5.92 Å². The summed E-state index contributed by atoms with van der Waals surface area (Å²) in [7, 11) is 0. The van der Waals surface area contributed by atoms with Gasteiger partial charge in [0, 0.05) is 26.1 Å². The molecule has 2 heterocycles. The summed E-state index contributed by atoms with van der Waals surface area (Å²) >= 11 is 1.80. The lowest BCUT2D eigenvalue weighted by molar-refractivity contribution is 0.185. The van der Waals surface area contributed by atoms with Gasteiger partial charge >= 0.3 is 0 Å². The van der Waals surface area contributed by atoms with E-state index in [1.54, 1.807) is 11.3 Å². The number of nitrogens with zero attached hydrogens (tertiary/aromatic N) is 1. The summed E-state index contributed by atoms with van der Waals surface area (Å²) in [6, 6.07) is 8.34. The van der Waals surface area contributed by atoms with Crippen molar-refractivity contribution in [2.24, 2.45) is 5.92 Å². The SMILES string of the molecule is c1ccc2sc(CCNCC3CCOC3)nc2c1. The number of nitrogens with one attached hydrogen (secondary N) is 1. The van der Waals surface area contributed by atoms with Crippen LogP contribution in [0.5, 0.6) is 0 Å². The Morgan fingerprint density at radius 1 is 1.39 bits per heavy atom. The van der Waals surface area contributed by atoms with Crippen molar-refractivity contribution in [3.05, 3.63) is 29.3 Å². The van der Waals surface area contributed by atoms with Crippen LogP contribution in [0.15, 0.2) is 24.3 Å². The lowest BCUT2D eigenvalue weighted by Gasteiger charge is -2.07. The van der Waals surface area contributed by atoms with E-state index in [4.69, 9.17) is 4.74 Å². The van der Waals surface area contributed by atoms with E-state index in [0.717, 1.165) is 38.2 Å². The van der Waals surface area contributed by atoms with Crippen LogP contribution in [-0.2, 0) is 11.2 Å². The fourth-order valence-electron chi connectivity index (χ4n) is 2.27. The first kappa shape index (κ1) is 12.1. The average Bonchev–Trinajstić information content (AvgIpc) is 3.03. The molecular weight excluding hydrogens is 244 g/mol. The highest BCUT2D eigenvalue weighted by atomic mass is 32.1. The standard InChI is InChI=1S/C14H18N2OS/c1-2-4-13-12(3-1)16-14(18-13)5-7-15-9-11-6-8-17-10-11/h1-4,11,15H,5-10H2. The predicted octanol–water partition coefficient (Wildman–Crippen LogP) is 2.46. The van der Waals surface area contributed by atoms with Crippen LogP contribution in [0.3, 0.4) is 0 Å². The van der Waals surface area contributed by atoms with Crippen LogP contribution in [0.2, 0.25) is 0 Å². The van der Waals surface area contributed by atoms with Gasteiger partial charge in [-0.05, 0) is 24.5 Å². The first-order valence-corrected chi connectivity index (χ1v) is 7.36. The molecule has 4 heteroatoms. The molecular formula is C14H18N2OS. The number of hydrogen-bond acceptors (Lipinski definition) is 4. The monoisotopic (exact) mass is 262 g/mol. The van der Waals surface area contributed by atoms with Crippen LogP contribution < -0.4 is 5.32 Å². The summed E-state index contributed by atoms with van der Waals surface area (Å²) in [6.45, 7) is 3.94. The summed E-state index contributed by atoms with van der Waals surface area (Å²) in [5.41, 5.74) is 1.13. The molecule has 1 unspecified atom stereocenters. The van der Waals surface area contributed by atoms with Gasteiger partial charge < -0.3 is 10.1 Å². The summed E-state index contributed by atoms with van der Waals surface area (Å²) in [4.78, 5) is 4.64. The maximum atomic E-state index is 5.36. The van der Waals surface area contributed by atoms with E-state index < -0.39 is 0 Å². The van der Waals surface area contributed by atoms with Gasteiger partial charge in [0.05, 0.1) is 21.8 Å². The molecule has 0 saturated carbocycles. The van der Waals surface area contributed by atoms with Gasteiger partial charge in [-0.25, -0.2) is 4.98 Å². The van der Waals surface area contributed by atoms with Gasteiger partial charge in [-0.2, -0.15) is 0 Å². The number of para-hydroxylation sites is 1. The van der Waals surface area contributed by atoms with Crippen molar-refractivity contribution < 1.29 is 4.74 Å². The summed E-state index contributed by atoms with van der Waals surface area (Å²) < 4.78 is 6.65. The molecule has 3 rings (SSSR count). The molecule has 0 bridgehead atoms. The fraction of sp³-hybridized carbons (Fsp3) is 0.500. The van der Waals surface area contributed by atoms with E-state index in [1.165, 1.54) is 16.1 Å². The van der Waals surface area contributed by atoms with Gasteiger partial charge in [-0.15, -0.1) is 11.3 Å². The Kier molecular flexibility index (Phi) is 3.88. The summed E-state index contributed by atoms with van der Waals surface area (Å²) in [6.07, 6.45) is 2.22. The number of hydrogen-bond donors (Lipinski definition) is 1. The molecule has 96 valence electrons. The molecule has 1 fully saturated rings. The van der Waals surface area contributed by atoms with Crippen LogP contribution in [0.4, 0.5) is 0 Å². The number of ether oxygens (including phenoxy) is 1. The smallest absolute Gasteiger partial charge is 0.0951 e. The van der Waals surface area contributed by atoms with E-state index in [9.17, 15) is 0 Å². The molecule has 1 aromatic heterocycles. The number of benzene rings is 1.